The maximum Gasteiger partial charge on any atom is 0.265 e. The largest absolute Gasteiger partial charge is 0.490 e. The molecular formula is C20H27ClN2O6S. The number of rotatable bonds is 6. The smallest absolute Gasteiger partial charge is 0.265 e. The summed E-state index contributed by atoms with van der Waals surface area (Å²) in [6.07, 6.45) is 7.05. The molecule has 2 heterocycles. The number of likely N-dealkylation sites (tertiary alicyclic amines) is 1. The Labute approximate surface area is 183 Å². The highest BCUT2D eigenvalue weighted by molar-refractivity contribution is 7.93. The van der Waals surface area contributed by atoms with Crippen molar-refractivity contribution in [3.8, 4) is 18.1 Å². The molecular weight excluding hydrogens is 432 g/mol. The third-order valence-corrected chi connectivity index (χ3v) is 8.13. The van der Waals surface area contributed by atoms with Gasteiger partial charge in [-0.1, -0.05) is 5.92 Å². The first-order valence-electron chi connectivity index (χ1n) is 9.62. The third kappa shape index (κ3) is 4.90. The normalized spacial score (nSPS) is 19.9. The fraction of sp³-hybridized carbons (Fsp3) is 0.550. The molecule has 0 aromatic heterocycles. The van der Waals surface area contributed by atoms with Gasteiger partial charge in [0.25, 0.3) is 5.91 Å². The maximum atomic E-state index is 13.2. The van der Waals surface area contributed by atoms with Crippen LogP contribution >= 0.6 is 12.4 Å². The first-order chi connectivity index (χ1) is 13.9. The Morgan fingerprint density at radius 1 is 1.27 bits per heavy atom. The molecule has 0 spiro atoms. The van der Waals surface area contributed by atoms with E-state index in [0.717, 1.165) is 25.9 Å². The van der Waals surface area contributed by atoms with Crippen LogP contribution in [0.4, 0.5) is 0 Å². The fourth-order valence-electron chi connectivity index (χ4n) is 3.85. The van der Waals surface area contributed by atoms with Gasteiger partial charge in [0.15, 0.2) is 14.6 Å². The number of sulfone groups is 1. The molecule has 1 amide bonds. The highest BCUT2D eigenvalue weighted by Crippen LogP contribution is 2.36. The Kier molecular flexibility index (Phi) is 8.52. The number of carbonyl (C=O) groups excluding carboxylic acids is 1. The molecule has 0 atom stereocenters. The number of nitrogens with one attached hydrogen (secondary N) is 1. The van der Waals surface area contributed by atoms with E-state index >= 15 is 0 Å². The first kappa shape index (κ1) is 24.4. The molecule has 2 aliphatic heterocycles. The van der Waals surface area contributed by atoms with Crippen LogP contribution in [0.3, 0.4) is 0 Å². The maximum absolute atomic E-state index is 13.2. The predicted molar refractivity (Wildman–Crippen MR) is 113 cm³/mol. The van der Waals surface area contributed by atoms with Gasteiger partial charge >= 0.3 is 0 Å². The molecule has 10 heteroatoms. The molecule has 8 nitrogen and oxygen atoms in total. The third-order valence-electron chi connectivity index (χ3n) is 5.62. The van der Waals surface area contributed by atoms with E-state index in [0.29, 0.717) is 12.3 Å². The highest BCUT2D eigenvalue weighted by atomic mass is 35.5. The molecule has 2 aliphatic rings. The SMILES string of the molecule is C#CCN1CCC(Oc2ccc(S(=O)(=O)C3(C(=O)NO)CCOCC3)cc2)CC1.Cl. The summed E-state index contributed by atoms with van der Waals surface area (Å²) in [5, 5.41) is 9.10. The fourth-order valence-corrected chi connectivity index (χ4v) is 5.79. The second-order valence-electron chi connectivity index (χ2n) is 7.32. The van der Waals surface area contributed by atoms with E-state index in [9.17, 15) is 13.2 Å². The van der Waals surface area contributed by atoms with Crippen molar-refractivity contribution in [3.63, 3.8) is 0 Å². The summed E-state index contributed by atoms with van der Waals surface area (Å²) in [5.74, 6) is 2.29. The number of amides is 1. The van der Waals surface area contributed by atoms with Crippen molar-refractivity contribution in [2.75, 3.05) is 32.8 Å². The van der Waals surface area contributed by atoms with Gasteiger partial charge in [0.2, 0.25) is 0 Å². The number of benzene rings is 1. The van der Waals surface area contributed by atoms with Crippen molar-refractivity contribution in [1.29, 1.82) is 0 Å². The van der Waals surface area contributed by atoms with Crippen LogP contribution in [0, 0.1) is 12.3 Å². The van der Waals surface area contributed by atoms with Crippen molar-refractivity contribution < 1.29 is 27.9 Å². The van der Waals surface area contributed by atoms with Crippen LogP contribution in [0.1, 0.15) is 25.7 Å². The second-order valence-corrected chi connectivity index (χ2v) is 9.58. The minimum atomic E-state index is -4.03. The summed E-state index contributed by atoms with van der Waals surface area (Å²) in [5.41, 5.74) is 1.51. The lowest BCUT2D eigenvalue weighted by Crippen LogP contribution is -2.54. The molecule has 30 heavy (non-hydrogen) atoms. The monoisotopic (exact) mass is 458 g/mol. The van der Waals surface area contributed by atoms with Gasteiger partial charge in [0.05, 0.1) is 11.4 Å². The summed E-state index contributed by atoms with van der Waals surface area (Å²) in [6.45, 7) is 2.62. The van der Waals surface area contributed by atoms with Gasteiger partial charge in [-0.05, 0) is 49.9 Å². The molecule has 0 bridgehead atoms. The van der Waals surface area contributed by atoms with E-state index in [2.05, 4.69) is 10.8 Å². The molecule has 0 saturated carbocycles. The summed E-state index contributed by atoms with van der Waals surface area (Å²) in [4.78, 5) is 14.5. The van der Waals surface area contributed by atoms with Crippen molar-refractivity contribution >= 4 is 28.2 Å². The summed E-state index contributed by atoms with van der Waals surface area (Å²) in [7, 11) is -4.03. The molecule has 0 unspecified atom stereocenters. The van der Waals surface area contributed by atoms with Gasteiger partial charge in [-0.25, -0.2) is 13.9 Å². The number of hydrogen-bond acceptors (Lipinski definition) is 7. The number of halogens is 1. The average molecular weight is 459 g/mol. The molecule has 2 fully saturated rings. The van der Waals surface area contributed by atoms with Crippen molar-refractivity contribution in [3.05, 3.63) is 24.3 Å². The van der Waals surface area contributed by atoms with Crippen LogP contribution in [0.2, 0.25) is 0 Å². The molecule has 0 radical (unpaired) electrons. The van der Waals surface area contributed by atoms with Crippen molar-refractivity contribution in [1.82, 2.24) is 10.4 Å². The number of piperidine rings is 1. The molecule has 1 aromatic rings. The van der Waals surface area contributed by atoms with E-state index in [1.54, 1.807) is 12.1 Å². The quantitative estimate of drug-likeness (QED) is 0.377. The first-order valence-corrected chi connectivity index (χ1v) is 11.1. The van der Waals surface area contributed by atoms with E-state index in [-0.39, 0.29) is 49.5 Å². The van der Waals surface area contributed by atoms with Gasteiger partial charge in [-0.15, -0.1) is 18.8 Å². The predicted octanol–water partition coefficient (Wildman–Crippen LogP) is 1.41. The Hall–Kier alpha value is -1.83. The van der Waals surface area contributed by atoms with Gasteiger partial charge in [-0.3, -0.25) is 14.9 Å². The summed E-state index contributed by atoms with van der Waals surface area (Å²) >= 11 is 0. The van der Waals surface area contributed by atoms with E-state index < -0.39 is 20.5 Å². The van der Waals surface area contributed by atoms with Crippen LogP contribution < -0.4 is 10.2 Å². The minimum absolute atomic E-state index is 0. The molecule has 166 valence electrons. The Morgan fingerprint density at radius 3 is 2.40 bits per heavy atom. The number of hydroxylamine groups is 1. The molecule has 2 N–H and O–H groups in total. The molecule has 1 aromatic carbocycles. The van der Waals surface area contributed by atoms with Crippen LogP contribution in [-0.4, -0.2) is 68.1 Å². The lowest BCUT2D eigenvalue weighted by atomic mass is 9.98. The van der Waals surface area contributed by atoms with Gasteiger partial charge < -0.3 is 9.47 Å². The molecule has 2 saturated heterocycles. The van der Waals surface area contributed by atoms with Crippen LogP contribution in [0.25, 0.3) is 0 Å². The average Bonchev–Trinajstić information content (AvgIpc) is 2.75. The standard InChI is InChI=1S/C20H26N2O6S.ClH/c1-2-11-22-12-7-17(8-13-22)28-16-3-5-18(6-4-16)29(25,26)20(19(23)21-24)9-14-27-15-10-20;/h1,3-6,17,24H,7-15H2,(H,21,23);1H. The van der Waals surface area contributed by atoms with E-state index in [4.69, 9.17) is 21.1 Å². The number of carbonyl (C=O) groups is 1. The summed E-state index contributed by atoms with van der Waals surface area (Å²) in [6, 6.07) is 6.09. The van der Waals surface area contributed by atoms with Crippen LogP contribution in [0.15, 0.2) is 29.2 Å². The summed E-state index contributed by atoms with van der Waals surface area (Å²) < 4.78 is 35.9. The van der Waals surface area contributed by atoms with E-state index in [1.165, 1.54) is 17.6 Å². The highest BCUT2D eigenvalue weighted by Gasteiger charge is 2.52. The van der Waals surface area contributed by atoms with Crippen LogP contribution in [-0.2, 0) is 19.4 Å². The Morgan fingerprint density at radius 2 is 1.87 bits per heavy atom. The van der Waals surface area contributed by atoms with Gasteiger partial charge in [-0.2, -0.15) is 0 Å². The zero-order valence-electron chi connectivity index (χ0n) is 16.6. The number of terminal acetylenes is 1. The Balaban J connectivity index is 0.00000320. The molecule has 0 aliphatic carbocycles. The number of nitrogens with zero attached hydrogens (tertiary/aromatic N) is 1. The second kappa shape index (κ2) is 10.5. The van der Waals surface area contributed by atoms with Gasteiger partial charge in [0, 0.05) is 26.3 Å². The minimum Gasteiger partial charge on any atom is -0.490 e. The molecule has 3 rings (SSSR count). The lowest BCUT2D eigenvalue weighted by Gasteiger charge is -2.34. The van der Waals surface area contributed by atoms with Crippen molar-refractivity contribution in [2.24, 2.45) is 0 Å². The number of hydrogen-bond donors (Lipinski definition) is 2. The zero-order valence-corrected chi connectivity index (χ0v) is 18.2. The topological polar surface area (TPSA) is 105 Å². The number of ether oxygens (including phenoxy) is 2. The zero-order chi connectivity index (χ0) is 20.9. The van der Waals surface area contributed by atoms with E-state index in [1.807, 2.05) is 0 Å². The Bertz CT molecular complexity index is 854. The van der Waals surface area contributed by atoms with Crippen LogP contribution in [0.5, 0.6) is 5.75 Å². The van der Waals surface area contributed by atoms with Crippen molar-refractivity contribution in [2.45, 2.75) is 41.4 Å². The lowest BCUT2D eigenvalue weighted by molar-refractivity contribution is -0.134. The van der Waals surface area contributed by atoms with Gasteiger partial charge in [0.1, 0.15) is 11.9 Å².